The van der Waals surface area contributed by atoms with Gasteiger partial charge in [0.1, 0.15) is 0 Å². The fourth-order valence-electron chi connectivity index (χ4n) is 3.65. The van der Waals surface area contributed by atoms with Crippen molar-refractivity contribution < 1.29 is 0 Å². The standard InChI is InChI=1S/C18H35B/c1-14(2)16(5)19(17(6)15(3)4)18-12-10-8-7-9-11-13-18/h10,12,14-18H,7-9,11,13H2,1-6H3/b12-10-. The molecular weight excluding hydrogens is 227 g/mol. The van der Waals surface area contributed by atoms with Gasteiger partial charge in [-0.2, -0.15) is 0 Å². The minimum atomic E-state index is 0.796. The molecule has 0 aliphatic heterocycles. The lowest BCUT2D eigenvalue weighted by molar-refractivity contribution is 0.541. The summed E-state index contributed by atoms with van der Waals surface area (Å²) in [6, 6.07) is 0. The van der Waals surface area contributed by atoms with Crippen LogP contribution in [0.3, 0.4) is 0 Å². The van der Waals surface area contributed by atoms with Gasteiger partial charge in [-0.25, -0.2) is 0 Å². The Hall–Kier alpha value is -0.195. The molecule has 0 saturated carbocycles. The zero-order chi connectivity index (χ0) is 14.4. The largest absolute Gasteiger partial charge is 0.153 e. The van der Waals surface area contributed by atoms with Crippen LogP contribution in [0.2, 0.25) is 17.5 Å². The molecule has 3 atom stereocenters. The predicted molar refractivity (Wildman–Crippen MR) is 90.3 cm³/mol. The smallest absolute Gasteiger partial charge is 0.0926 e. The fraction of sp³-hybridized carbons (Fsp3) is 0.889. The van der Waals surface area contributed by atoms with E-state index in [4.69, 9.17) is 0 Å². The molecule has 1 heteroatoms. The van der Waals surface area contributed by atoms with Crippen LogP contribution in [0.25, 0.3) is 0 Å². The van der Waals surface area contributed by atoms with Gasteiger partial charge in [-0.3, -0.25) is 0 Å². The Labute approximate surface area is 122 Å². The molecule has 19 heavy (non-hydrogen) atoms. The third-order valence-electron chi connectivity index (χ3n) is 5.60. The zero-order valence-electron chi connectivity index (χ0n) is 14.2. The molecule has 1 rings (SSSR count). The second-order valence-electron chi connectivity index (χ2n) is 7.51. The third kappa shape index (κ3) is 5.01. The Kier molecular flexibility index (Phi) is 7.25. The monoisotopic (exact) mass is 262 g/mol. The predicted octanol–water partition coefficient (Wildman–Crippen LogP) is 6.46. The average Bonchev–Trinajstić information content (AvgIpc) is 2.30. The number of rotatable bonds is 5. The summed E-state index contributed by atoms with van der Waals surface area (Å²) in [7, 11) is 0. The quantitative estimate of drug-likeness (QED) is 0.393. The summed E-state index contributed by atoms with van der Waals surface area (Å²) >= 11 is 0. The molecule has 0 amide bonds. The van der Waals surface area contributed by atoms with E-state index in [0.717, 1.165) is 36.0 Å². The number of hydrogen-bond donors (Lipinski definition) is 0. The molecule has 0 aromatic rings. The molecule has 0 bridgehead atoms. The summed E-state index contributed by atoms with van der Waals surface area (Å²) in [5.74, 6) is 4.06. The van der Waals surface area contributed by atoms with Crippen LogP contribution in [-0.2, 0) is 0 Å². The van der Waals surface area contributed by atoms with Gasteiger partial charge >= 0.3 is 0 Å². The van der Waals surface area contributed by atoms with Gasteiger partial charge in [0.25, 0.3) is 0 Å². The number of allylic oxidation sites excluding steroid dienone is 2. The van der Waals surface area contributed by atoms with Crippen LogP contribution < -0.4 is 0 Å². The van der Waals surface area contributed by atoms with Crippen LogP contribution in [0.4, 0.5) is 0 Å². The average molecular weight is 262 g/mol. The first-order valence-corrected chi connectivity index (χ1v) is 8.61. The maximum atomic E-state index is 2.57. The summed E-state index contributed by atoms with van der Waals surface area (Å²) < 4.78 is 0. The van der Waals surface area contributed by atoms with Gasteiger partial charge in [0.2, 0.25) is 0 Å². The molecule has 0 N–H and O–H groups in total. The first-order valence-electron chi connectivity index (χ1n) is 8.61. The molecule has 1 aliphatic rings. The van der Waals surface area contributed by atoms with Crippen LogP contribution >= 0.6 is 0 Å². The molecule has 0 spiro atoms. The van der Waals surface area contributed by atoms with E-state index in [2.05, 4.69) is 53.7 Å². The van der Waals surface area contributed by atoms with Crippen molar-refractivity contribution in [2.45, 2.75) is 91.1 Å². The summed E-state index contributed by atoms with van der Waals surface area (Å²) in [6.45, 7) is 15.4. The SMILES string of the molecule is CC(C)C(C)B(C1/C=C\CCCCC1)C(C)C(C)C. The van der Waals surface area contributed by atoms with E-state index in [-0.39, 0.29) is 0 Å². The van der Waals surface area contributed by atoms with Crippen molar-refractivity contribution in [3.63, 3.8) is 0 Å². The van der Waals surface area contributed by atoms with Gasteiger partial charge in [-0.15, -0.1) is 0 Å². The third-order valence-corrected chi connectivity index (χ3v) is 5.60. The Bertz CT molecular complexity index is 253. The topological polar surface area (TPSA) is 0 Å². The van der Waals surface area contributed by atoms with Crippen molar-refractivity contribution in [3.05, 3.63) is 12.2 Å². The van der Waals surface area contributed by atoms with Crippen molar-refractivity contribution in [2.24, 2.45) is 11.8 Å². The molecule has 1 aliphatic carbocycles. The number of hydrogen-bond acceptors (Lipinski definition) is 0. The van der Waals surface area contributed by atoms with Crippen LogP contribution in [-0.4, -0.2) is 6.71 Å². The Morgan fingerprint density at radius 3 is 1.95 bits per heavy atom. The van der Waals surface area contributed by atoms with Gasteiger partial charge in [-0.1, -0.05) is 96.4 Å². The van der Waals surface area contributed by atoms with Crippen molar-refractivity contribution in [2.75, 3.05) is 0 Å². The lowest BCUT2D eigenvalue weighted by Crippen LogP contribution is -2.34. The molecule has 0 fully saturated rings. The first kappa shape index (κ1) is 16.9. The molecule has 0 heterocycles. The van der Waals surface area contributed by atoms with E-state index in [1.807, 2.05) is 0 Å². The van der Waals surface area contributed by atoms with Gasteiger partial charge < -0.3 is 0 Å². The van der Waals surface area contributed by atoms with E-state index >= 15 is 0 Å². The Morgan fingerprint density at radius 1 is 0.842 bits per heavy atom. The minimum Gasteiger partial charge on any atom is -0.0926 e. The van der Waals surface area contributed by atoms with Gasteiger partial charge in [0, 0.05) is 0 Å². The summed E-state index contributed by atoms with van der Waals surface area (Å²) in [4.78, 5) is 0. The molecule has 0 saturated heterocycles. The maximum Gasteiger partial charge on any atom is 0.153 e. The molecule has 0 nitrogen and oxygen atoms in total. The highest BCUT2D eigenvalue weighted by molar-refractivity contribution is 6.64. The molecule has 110 valence electrons. The van der Waals surface area contributed by atoms with E-state index in [9.17, 15) is 0 Å². The van der Waals surface area contributed by atoms with Crippen molar-refractivity contribution in [1.29, 1.82) is 0 Å². The van der Waals surface area contributed by atoms with E-state index in [1.54, 1.807) is 0 Å². The first-order chi connectivity index (χ1) is 8.95. The zero-order valence-corrected chi connectivity index (χ0v) is 14.2. The second-order valence-corrected chi connectivity index (χ2v) is 7.51. The maximum absolute atomic E-state index is 2.57. The second kappa shape index (κ2) is 8.17. The van der Waals surface area contributed by atoms with Crippen molar-refractivity contribution >= 4 is 6.71 Å². The van der Waals surface area contributed by atoms with E-state index < -0.39 is 0 Å². The van der Waals surface area contributed by atoms with Crippen LogP contribution in [0, 0.1) is 11.8 Å². The van der Waals surface area contributed by atoms with E-state index in [0.29, 0.717) is 0 Å². The van der Waals surface area contributed by atoms with Crippen molar-refractivity contribution in [1.82, 2.24) is 0 Å². The summed E-state index contributed by atoms with van der Waals surface area (Å²) in [6.07, 6.45) is 12.0. The summed E-state index contributed by atoms with van der Waals surface area (Å²) in [5.41, 5.74) is 0. The highest BCUT2D eigenvalue weighted by Gasteiger charge is 2.36. The fourth-order valence-corrected chi connectivity index (χ4v) is 3.65. The molecule has 3 unspecified atom stereocenters. The lowest BCUT2D eigenvalue weighted by atomic mass is 9.25. The molecule has 0 radical (unpaired) electrons. The van der Waals surface area contributed by atoms with Crippen LogP contribution in [0.1, 0.15) is 73.6 Å². The Balaban J connectivity index is 2.89. The molecular formula is C18H35B. The van der Waals surface area contributed by atoms with E-state index in [1.165, 1.54) is 32.1 Å². The highest BCUT2D eigenvalue weighted by atomic mass is 14.2. The lowest BCUT2D eigenvalue weighted by Gasteiger charge is -2.36. The molecule has 0 aromatic carbocycles. The van der Waals surface area contributed by atoms with Gasteiger partial charge in [-0.05, 0) is 18.7 Å². The molecule has 0 aromatic heterocycles. The Morgan fingerprint density at radius 2 is 1.42 bits per heavy atom. The van der Waals surface area contributed by atoms with Crippen LogP contribution in [0.5, 0.6) is 0 Å². The van der Waals surface area contributed by atoms with Crippen molar-refractivity contribution in [3.8, 4) is 0 Å². The normalized spacial score (nSPS) is 25.8. The van der Waals surface area contributed by atoms with Gasteiger partial charge in [0.05, 0.1) is 0 Å². The minimum absolute atomic E-state index is 0.796. The van der Waals surface area contributed by atoms with Crippen LogP contribution in [0.15, 0.2) is 12.2 Å². The van der Waals surface area contributed by atoms with Gasteiger partial charge in [0.15, 0.2) is 6.71 Å². The summed E-state index contributed by atoms with van der Waals surface area (Å²) in [5, 5.41) is 0. The highest BCUT2D eigenvalue weighted by Crippen LogP contribution is 2.42.